The van der Waals surface area contributed by atoms with Crippen LogP contribution in [0.4, 0.5) is 4.39 Å². The van der Waals surface area contributed by atoms with Gasteiger partial charge < -0.3 is 10.6 Å². The average Bonchev–Trinajstić information content (AvgIpc) is 2.85. The summed E-state index contributed by atoms with van der Waals surface area (Å²) in [6.45, 7) is 5.51. The Bertz CT molecular complexity index is 776. The van der Waals surface area contributed by atoms with Crippen molar-refractivity contribution >= 4 is 41.7 Å². The lowest BCUT2D eigenvalue weighted by Gasteiger charge is -2.14. The zero-order valence-electron chi connectivity index (χ0n) is 16.6. The SMILES string of the molecule is CN=C(NCCc1c(C)nn(C)c1C)NCc1ccc(F)cc1CSC.I. The van der Waals surface area contributed by atoms with Gasteiger partial charge >= 0.3 is 0 Å². The van der Waals surface area contributed by atoms with Crippen LogP contribution in [0.5, 0.6) is 0 Å². The lowest BCUT2D eigenvalue weighted by molar-refractivity contribution is 0.625. The van der Waals surface area contributed by atoms with E-state index in [1.165, 1.54) is 17.3 Å². The highest BCUT2D eigenvalue weighted by Crippen LogP contribution is 2.16. The van der Waals surface area contributed by atoms with Crippen LogP contribution in [0.3, 0.4) is 0 Å². The molecule has 0 aliphatic carbocycles. The number of benzene rings is 1. The summed E-state index contributed by atoms with van der Waals surface area (Å²) in [5, 5.41) is 11.1. The summed E-state index contributed by atoms with van der Waals surface area (Å²) < 4.78 is 15.4. The highest BCUT2D eigenvalue weighted by atomic mass is 127. The van der Waals surface area contributed by atoms with E-state index in [9.17, 15) is 4.39 Å². The lowest BCUT2D eigenvalue weighted by atomic mass is 10.1. The largest absolute Gasteiger partial charge is 0.356 e. The molecule has 0 radical (unpaired) electrons. The third-order valence-corrected chi connectivity index (χ3v) is 5.06. The lowest BCUT2D eigenvalue weighted by Crippen LogP contribution is -2.38. The number of nitrogens with one attached hydrogen (secondary N) is 2. The molecule has 0 spiro atoms. The highest BCUT2D eigenvalue weighted by Gasteiger charge is 2.09. The summed E-state index contributed by atoms with van der Waals surface area (Å²) in [5.41, 5.74) is 5.64. The first kappa shape index (κ1) is 23.7. The standard InChI is InChI=1S/C19H28FN5S.HI/c1-13-18(14(2)25(4)24-13)8-9-22-19(21-3)23-11-15-6-7-17(20)10-16(15)12-26-5;/h6-7,10H,8-9,11-12H2,1-5H3,(H2,21,22,23);1H. The van der Waals surface area contributed by atoms with Crippen molar-refractivity contribution in [1.29, 1.82) is 0 Å². The van der Waals surface area contributed by atoms with Gasteiger partial charge in [0.1, 0.15) is 5.82 Å². The predicted molar refractivity (Wildman–Crippen MR) is 124 cm³/mol. The van der Waals surface area contributed by atoms with Gasteiger partial charge in [-0.25, -0.2) is 4.39 Å². The van der Waals surface area contributed by atoms with E-state index in [1.54, 1.807) is 24.9 Å². The average molecular weight is 505 g/mol. The number of aliphatic imine (C=N–C) groups is 1. The summed E-state index contributed by atoms with van der Waals surface area (Å²) in [6.07, 6.45) is 2.91. The van der Waals surface area contributed by atoms with Gasteiger partial charge in [0.05, 0.1) is 5.69 Å². The molecule has 1 heterocycles. The van der Waals surface area contributed by atoms with Crippen LogP contribution in [0.1, 0.15) is 28.1 Å². The Morgan fingerprint density at radius 3 is 2.59 bits per heavy atom. The second-order valence-corrected chi connectivity index (χ2v) is 7.09. The number of rotatable bonds is 7. The molecule has 27 heavy (non-hydrogen) atoms. The molecular weight excluding hydrogens is 476 g/mol. The van der Waals surface area contributed by atoms with E-state index in [-0.39, 0.29) is 29.8 Å². The molecule has 2 N–H and O–H groups in total. The molecule has 150 valence electrons. The predicted octanol–water partition coefficient (Wildman–Crippen LogP) is 3.56. The van der Waals surface area contributed by atoms with Crippen molar-refractivity contribution in [2.45, 2.75) is 32.6 Å². The van der Waals surface area contributed by atoms with Gasteiger partial charge in [-0.1, -0.05) is 6.07 Å². The monoisotopic (exact) mass is 505 g/mol. The number of nitrogens with zero attached hydrogens (tertiary/aromatic N) is 3. The van der Waals surface area contributed by atoms with E-state index in [2.05, 4.69) is 27.6 Å². The van der Waals surface area contributed by atoms with Crippen molar-refractivity contribution < 1.29 is 4.39 Å². The van der Waals surface area contributed by atoms with Crippen LogP contribution >= 0.6 is 35.7 Å². The number of hydrogen-bond donors (Lipinski definition) is 2. The Balaban J connectivity index is 0.00000364. The van der Waals surface area contributed by atoms with Gasteiger partial charge in [-0.05, 0) is 55.3 Å². The Morgan fingerprint density at radius 1 is 1.26 bits per heavy atom. The number of halogens is 2. The minimum Gasteiger partial charge on any atom is -0.356 e. The molecule has 0 fully saturated rings. The molecule has 0 bridgehead atoms. The first-order chi connectivity index (χ1) is 12.5. The zero-order chi connectivity index (χ0) is 19.1. The van der Waals surface area contributed by atoms with E-state index < -0.39 is 0 Å². The molecule has 5 nitrogen and oxygen atoms in total. The van der Waals surface area contributed by atoms with Crippen LogP contribution in [0.2, 0.25) is 0 Å². The maximum atomic E-state index is 13.5. The summed E-state index contributed by atoms with van der Waals surface area (Å²) in [7, 11) is 3.72. The molecular formula is C19H29FIN5S. The molecule has 0 saturated carbocycles. The van der Waals surface area contributed by atoms with Gasteiger partial charge in [0, 0.05) is 38.6 Å². The molecule has 2 rings (SSSR count). The fourth-order valence-electron chi connectivity index (χ4n) is 2.94. The van der Waals surface area contributed by atoms with Crippen LogP contribution in [0, 0.1) is 19.7 Å². The fourth-order valence-corrected chi connectivity index (χ4v) is 3.52. The van der Waals surface area contributed by atoms with Crippen molar-refractivity contribution in [3.63, 3.8) is 0 Å². The van der Waals surface area contributed by atoms with E-state index in [0.29, 0.717) is 6.54 Å². The molecule has 1 aromatic heterocycles. The molecule has 0 aliphatic rings. The van der Waals surface area contributed by atoms with Crippen LogP contribution in [-0.4, -0.2) is 35.6 Å². The Kier molecular flexibility index (Phi) is 10.1. The van der Waals surface area contributed by atoms with Gasteiger partial charge in [0.2, 0.25) is 0 Å². The molecule has 0 amide bonds. The smallest absolute Gasteiger partial charge is 0.191 e. The summed E-state index contributed by atoms with van der Waals surface area (Å²) in [5.74, 6) is 1.34. The zero-order valence-corrected chi connectivity index (χ0v) is 19.7. The van der Waals surface area contributed by atoms with Crippen LogP contribution in [0.15, 0.2) is 23.2 Å². The second-order valence-electron chi connectivity index (χ2n) is 6.22. The number of hydrogen-bond acceptors (Lipinski definition) is 3. The Labute approximate surface area is 182 Å². The maximum absolute atomic E-state index is 13.5. The quantitative estimate of drug-likeness (QED) is 0.343. The molecule has 0 atom stereocenters. The van der Waals surface area contributed by atoms with E-state index in [1.807, 2.05) is 31.0 Å². The number of guanidine groups is 1. The van der Waals surface area contributed by atoms with E-state index in [0.717, 1.165) is 41.5 Å². The van der Waals surface area contributed by atoms with Crippen molar-refractivity contribution in [2.75, 3.05) is 19.8 Å². The van der Waals surface area contributed by atoms with Crippen molar-refractivity contribution in [1.82, 2.24) is 20.4 Å². The number of thioether (sulfide) groups is 1. The Morgan fingerprint density at radius 2 is 2.00 bits per heavy atom. The van der Waals surface area contributed by atoms with Crippen LogP contribution in [-0.2, 0) is 25.8 Å². The summed E-state index contributed by atoms with van der Waals surface area (Å²) >= 11 is 1.69. The van der Waals surface area contributed by atoms with Gasteiger partial charge in [-0.15, -0.1) is 24.0 Å². The topological polar surface area (TPSA) is 54.2 Å². The third-order valence-electron chi connectivity index (χ3n) is 4.46. The Hall–Kier alpha value is -1.29. The third kappa shape index (κ3) is 6.67. The maximum Gasteiger partial charge on any atom is 0.191 e. The van der Waals surface area contributed by atoms with Gasteiger partial charge in [0.15, 0.2) is 5.96 Å². The molecule has 2 aromatic rings. The minimum atomic E-state index is -0.192. The highest BCUT2D eigenvalue weighted by molar-refractivity contribution is 14.0. The first-order valence-corrected chi connectivity index (χ1v) is 10.1. The molecule has 0 aliphatic heterocycles. The molecule has 8 heteroatoms. The van der Waals surface area contributed by atoms with Gasteiger partial charge in [-0.3, -0.25) is 9.67 Å². The van der Waals surface area contributed by atoms with E-state index >= 15 is 0 Å². The molecule has 1 aromatic carbocycles. The van der Waals surface area contributed by atoms with Gasteiger partial charge in [-0.2, -0.15) is 16.9 Å². The second kappa shape index (κ2) is 11.5. The fraction of sp³-hybridized carbons (Fsp3) is 0.474. The van der Waals surface area contributed by atoms with Crippen molar-refractivity contribution in [2.24, 2.45) is 12.0 Å². The molecule has 0 unspecified atom stereocenters. The van der Waals surface area contributed by atoms with Crippen molar-refractivity contribution in [3.8, 4) is 0 Å². The van der Waals surface area contributed by atoms with Crippen LogP contribution < -0.4 is 10.6 Å². The van der Waals surface area contributed by atoms with Gasteiger partial charge in [0.25, 0.3) is 0 Å². The summed E-state index contributed by atoms with van der Waals surface area (Å²) in [4.78, 5) is 4.27. The number of aromatic nitrogens is 2. The van der Waals surface area contributed by atoms with E-state index in [4.69, 9.17) is 0 Å². The number of aryl methyl sites for hydroxylation is 2. The minimum absolute atomic E-state index is 0. The van der Waals surface area contributed by atoms with Crippen molar-refractivity contribution in [3.05, 3.63) is 52.1 Å². The first-order valence-electron chi connectivity index (χ1n) is 8.66. The van der Waals surface area contributed by atoms with Crippen LogP contribution in [0.25, 0.3) is 0 Å². The summed E-state index contributed by atoms with van der Waals surface area (Å²) in [6, 6.07) is 4.95. The normalized spacial score (nSPS) is 11.3. The molecule has 0 saturated heterocycles.